The van der Waals surface area contributed by atoms with Crippen LogP contribution in [0.1, 0.15) is 11.1 Å². The molecule has 0 saturated heterocycles. The summed E-state index contributed by atoms with van der Waals surface area (Å²) in [5, 5.41) is 8.58. The molecule has 0 spiro atoms. The molecule has 0 radical (unpaired) electrons. The molecule has 0 bridgehead atoms. The Balaban J connectivity index is 3.47. The number of hydrogen-bond donors (Lipinski definition) is 0. The van der Waals surface area contributed by atoms with E-state index >= 15 is 0 Å². The minimum atomic E-state index is -4.44. The Hall–Kier alpha value is -0.290. The zero-order chi connectivity index (χ0) is 10.9. The third-order valence-electron chi connectivity index (χ3n) is 1.46. The largest absolute Gasteiger partial charge is 0.417 e. The molecule has 0 amide bonds. The first-order valence-corrected chi connectivity index (χ1v) is 5.19. The van der Waals surface area contributed by atoms with Crippen molar-refractivity contribution in [3.05, 3.63) is 31.3 Å². The van der Waals surface area contributed by atoms with Crippen LogP contribution in [0.5, 0.6) is 0 Å². The van der Waals surface area contributed by atoms with E-state index in [0.717, 1.165) is 6.07 Å². The van der Waals surface area contributed by atoms with E-state index in [1.807, 2.05) is 0 Å². The van der Waals surface area contributed by atoms with Gasteiger partial charge >= 0.3 is 6.18 Å². The van der Waals surface area contributed by atoms with Gasteiger partial charge in [-0.1, -0.05) is 0 Å². The van der Waals surface area contributed by atoms with Crippen molar-refractivity contribution in [2.45, 2.75) is 6.18 Å². The molecule has 0 aliphatic heterocycles. The van der Waals surface area contributed by atoms with Crippen molar-refractivity contribution in [2.24, 2.45) is 0 Å². The molecule has 0 aliphatic rings. The van der Waals surface area contributed by atoms with E-state index in [1.165, 1.54) is 6.07 Å². The lowest BCUT2D eigenvalue weighted by molar-refractivity contribution is -0.138. The lowest BCUT2D eigenvalue weighted by Crippen LogP contribution is -2.07. The molecule has 1 rings (SSSR count). The molecule has 0 heterocycles. The average Bonchev–Trinajstić information content (AvgIpc) is 2.06. The number of benzene rings is 1. The predicted octanol–water partition coefficient (Wildman–Crippen LogP) is 3.94. The minimum absolute atomic E-state index is 0.00998. The van der Waals surface area contributed by atoms with Gasteiger partial charge in [-0.2, -0.15) is 18.4 Å². The molecule has 0 aliphatic carbocycles. The topological polar surface area (TPSA) is 23.8 Å². The molecule has 0 atom stereocenters. The standard InChI is InChI=1S/C8H2BrF3IN/c9-7-4(3-14)1-5(13)2-6(7)8(10,11)12/h1-2H. The van der Waals surface area contributed by atoms with Gasteiger partial charge in [-0.05, 0) is 50.7 Å². The summed E-state index contributed by atoms with van der Waals surface area (Å²) in [6.07, 6.45) is -4.44. The van der Waals surface area contributed by atoms with Crippen molar-refractivity contribution in [1.82, 2.24) is 0 Å². The second kappa shape index (κ2) is 4.06. The van der Waals surface area contributed by atoms with Crippen LogP contribution in [-0.2, 0) is 6.18 Å². The Labute approximate surface area is 100 Å². The molecular formula is C8H2BrF3IN. The quantitative estimate of drug-likeness (QED) is 0.630. The first-order valence-electron chi connectivity index (χ1n) is 3.32. The van der Waals surface area contributed by atoms with E-state index in [-0.39, 0.29) is 10.0 Å². The Bertz CT molecular complexity index is 408. The van der Waals surface area contributed by atoms with Crippen LogP contribution < -0.4 is 0 Å². The fraction of sp³-hybridized carbons (Fsp3) is 0.125. The van der Waals surface area contributed by atoms with Gasteiger partial charge in [-0.15, -0.1) is 0 Å². The van der Waals surface area contributed by atoms with Gasteiger partial charge in [0.05, 0.1) is 11.1 Å². The van der Waals surface area contributed by atoms with Crippen LogP contribution in [-0.4, -0.2) is 0 Å². The Kier molecular flexibility index (Phi) is 3.42. The van der Waals surface area contributed by atoms with E-state index in [9.17, 15) is 13.2 Å². The molecule has 0 N–H and O–H groups in total. The SMILES string of the molecule is N#Cc1cc(I)cc(C(F)(F)F)c1Br. The van der Waals surface area contributed by atoms with Crippen LogP contribution in [0.2, 0.25) is 0 Å². The van der Waals surface area contributed by atoms with Gasteiger partial charge in [0, 0.05) is 8.04 Å². The van der Waals surface area contributed by atoms with Crippen LogP contribution in [0.15, 0.2) is 16.6 Å². The van der Waals surface area contributed by atoms with Gasteiger partial charge in [-0.25, -0.2) is 0 Å². The lowest BCUT2D eigenvalue weighted by Gasteiger charge is -2.10. The number of rotatable bonds is 0. The third kappa shape index (κ3) is 2.39. The zero-order valence-corrected chi connectivity index (χ0v) is 10.2. The molecule has 14 heavy (non-hydrogen) atoms. The summed E-state index contributed by atoms with van der Waals surface area (Å²) in [5.41, 5.74) is -0.829. The van der Waals surface area contributed by atoms with E-state index in [4.69, 9.17) is 5.26 Å². The summed E-state index contributed by atoms with van der Waals surface area (Å²) >= 11 is 4.50. The van der Waals surface area contributed by atoms with E-state index < -0.39 is 11.7 Å². The number of nitriles is 1. The van der Waals surface area contributed by atoms with Gasteiger partial charge in [0.2, 0.25) is 0 Å². The summed E-state index contributed by atoms with van der Waals surface area (Å²) in [7, 11) is 0. The highest BCUT2D eigenvalue weighted by Crippen LogP contribution is 2.37. The molecule has 0 saturated carbocycles. The molecule has 74 valence electrons. The number of halogens is 5. The van der Waals surface area contributed by atoms with E-state index in [0.29, 0.717) is 3.57 Å². The summed E-state index contributed by atoms with van der Waals surface area (Å²) < 4.78 is 37.4. The van der Waals surface area contributed by atoms with Crippen molar-refractivity contribution >= 4 is 38.5 Å². The predicted molar refractivity (Wildman–Crippen MR) is 56.6 cm³/mol. The Morgan fingerprint density at radius 2 is 1.93 bits per heavy atom. The summed E-state index contributed by atoms with van der Waals surface area (Å²) in [5.74, 6) is 0. The number of alkyl halides is 3. The van der Waals surface area contributed by atoms with Gasteiger partial charge in [0.1, 0.15) is 6.07 Å². The molecular weight excluding hydrogens is 374 g/mol. The monoisotopic (exact) mass is 375 g/mol. The van der Waals surface area contributed by atoms with Crippen molar-refractivity contribution < 1.29 is 13.2 Å². The number of hydrogen-bond acceptors (Lipinski definition) is 1. The van der Waals surface area contributed by atoms with Gasteiger partial charge in [0.25, 0.3) is 0 Å². The van der Waals surface area contributed by atoms with Crippen molar-refractivity contribution in [1.29, 1.82) is 5.26 Å². The second-order valence-electron chi connectivity index (χ2n) is 2.42. The molecule has 0 aromatic heterocycles. The molecule has 1 nitrogen and oxygen atoms in total. The van der Waals surface area contributed by atoms with Gasteiger partial charge in [-0.3, -0.25) is 0 Å². The normalized spacial score (nSPS) is 11.1. The van der Waals surface area contributed by atoms with Crippen molar-refractivity contribution in [3.63, 3.8) is 0 Å². The maximum Gasteiger partial charge on any atom is 0.417 e. The summed E-state index contributed by atoms with van der Waals surface area (Å²) in [6.45, 7) is 0. The fourth-order valence-corrected chi connectivity index (χ4v) is 2.04. The van der Waals surface area contributed by atoms with Crippen LogP contribution >= 0.6 is 38.5 Å². The summed E-state index contributed by atoms with van der Waals surface area (Å²) in [6, 6.07) is 4.08. The van der Waals surface area contributed by atoms with Crippen molar-refractivity contribution in [2.75, 3.05) is 0 Å². The Morgan fingerprint density at radius 1 is 1.36 bits per heavy atom. The fourth-order valence-electron chi connectivity index (χ4n) is 0.877. The first-order chi connectivity index (χ1) is 6.36. The highest BCUT2D eigenvalue weighted by molar-refractivity contribution is 14.1. The molecule has 0 fully saturated rings. The highest BCUT2D eigenvalue weighted by atomic mass is 127. The summed E-state index contributed by atoms with van der Waals surface area (Å²) in [4.78, 5) is 0. The van der Waals surface area contributed by atoms with Crippen LogP contribution in [0.3, 0.4) is 0 Å². The van der Waals surface area contributed by atoms with E-state index in [2.05, 4.69) is 15.9 Å². The van der Waals surface area contributed by atoms with Crippen molar-refractivity contribution in [3.8, 4) is 6.07 Å². The third-order valence-corrected chi connectivity index (χ3v) is 2.94. The Morgan fingerprint density at radius 3 is 2.36 bits per heavy atom. The van der Waals surface area contributed by atoms with Crippen LogP contribution in [0, 0.1) is 14.9 Å². The molecule has 6 heteroatoms. The van der Waals surface area contributed by atoms with Gasteiger partial charge < -0.3 is 0 Å². The van der Waals surface area contributed by atoms with Crippen LogP contribution in [0.25, 0.3) is 0 Å². The van der Waals surface area contributed by atoms with Gasteiger partial charge in [0.15, 0.2) is 0 Å². The number of nitrogens with zero attached hydrogens (tertiary/aromatic N) is 1. The zero-order valence-electron chi connectivity index (χ0n) is 6.49. The van der Waals surface area contributed by atoms with E-state index in [1.54, 1.807) is 28.7 Å². The minimum Gasteiger partial charge on any atom is -0.192 e. The maximum atomic E-state index is 12.4. The highest BCUT2D eigenvalue weighted by Gasteiger charge is 2.34. The molecule has 0 unspecified atom stereocenters. The maximum absolute atomic E-state index is 12.4. The first kappa shape index (κ1) is 11.8. The molecule has 1 aromatic rings. The smallest absolute Gasteiger partial charge is 0.192 e. The second-order valence-corrected chi connectivity index (χ2v) is 4.46. The average molecular weight is 376 g/mol. The molecule has 1 aromatic carbocycles. The van der Waals surface area contributed by atoms with Crippen LogP contribution in [0.4, 0.5) is 13.2 Å². The lowest BCUT2D eigenvalue weighted by atomic mass is 10.1.